The first-order valence-electron chi connectivity index (χ1n) is 9.88. The Morgan fingerprint density at radius 3 is 2.30 bits per heavy atom. The van der Waals surface area contributed by atoms with Crippen LogP contribution in [0.1, 0.15) is 11.1 Å². The minimum Gasteiger partial charge on any atom is -0.617 e. The molecule has 9 heteroatoms. The summed E-state index contributed by atoms with van der Waals surface area (Å²) in [5.41, 5.74) is 3.23. The lowest BCUT2D eigenvalue weighted by Gasteiger charge is -2.26. The third-order valence-electron chi connectivity index (χ3n) is 5.43. The Morgan fingerprint density at radius 1 is 1.03 bits per heavy atom. The summed E-state index contributed by atoms with van der Waals surface area (Å²) in [6, 6.07) is 7.99. The number of carbonyl (C=O) groups is 1. The first-order chi connectivity index (χ1) is 14.4. The molecule has 1 aliphatic heterocycles. The molecule has 4 rings (SSSR count). The Hall–Kier alpha value is -3.17. The molecular weight excluding hydrogens is 388 g/mol. The maximum atomic E-state index is 12.9. The van der Waals surface area contributed by atoms with Gasteiger partial charge >= 0.3 is 6.09 Å². The van der Waals surface area contributed by atoms with Gasteiger partial charge in [-0.15, -0.1) is 0 Å². The zero-order chi connectivity index (χ0) is 21.3. The molecule has 30 heavy (non-hydrogen) atoms. The van der Waals surface area contributed by atoms with Crippen molar-refractivity contribution in [2.75, 3.05) is 44.8 Å². The summed E-state index contributed by atoms with van der Waals surface area (Å²) < 4.78 is 12.0. The lowest BCUT2D eigenvalue weighted by Crippen LogP contribution is -2.39. The number of aromatic nitrogens is 2. The van der Waals surface area contributed by atoms with E-state index in [9.17, 15) is 15.2 Å². The van der Waals surface area contributed by atoms with E-state index in [2.05, 4.69) is 10.2 Å². The fourth-order valence-corrected chi connectivity index (χ4v) is 3.55. The second-order valence-electron chi connectivity index (χ2n) is 7.43. The zero-order valence-electron chi connectivity index (χ0n) is 17.0. The number of amides is 1. The number of nitrogens with zero attached hydrogens (tertiary/aromatic N) is 3. The van der Waals surface area contributed by atoms with Crippen LogP contribution in [0, 0.1) is 24.3 Å². The van der Waals surface area contributed by atoms with E-state index in [1.807, 2.05) is 13.8 Å². The van der Waals surface area contributed by atoms with Crippen LogP contribution in [0.15, 0.2) is 30.3 Å². The van der Waals surface area contributed by atoms with Crippen molar-refractivity contribution in [2.24, 2.45) is 0 Å². The van der Waals surface area contributed by atoms with Gasteiger partial charge in [0.1, 0.15) is 6.61 Å². The van der Waals surface area contributed by atoms with Crippen molar-refractivity contribution in [3.05, 3.63) is 51.9 Å². The number of fused-ring (bicyclic) bond motifs is 2. The van der Waals surface area contributed by atoms with Gasteiger partial charge in [0.25, 0.3) is 22.1 Å². The first-order valence-corrected chi connectivity index (χ1v) is 9.88. The van der Waals surface area contributed by atoms with Crippen LogP contribution < -0.4 is 14.8 Å². The minimum atomic E-state index is -0.609. The molecule has 0 unspecified atom stereocenters. The molecule has 9 nitrogen and oxygen atoms in total. The highest BCUT2D eigenvalue weighted by Crippen LogP contribution is 2.19. The average molecular weight is 412 g/mol. The summed E-state index contributed by atoms with van der Waals surface area (Å²) in [5.74, 6) is 0. The molecule has 0 radical (unpaired) electrons. The normalized spacial score (nSPS) is 14.9. The van der Waals surface area contributed by atoms with Gasteiger partial charge in [-0.3, -0.25) is 10.2 Å². The summed E-state index contributed by atoms with van der Waals surface area (Å²) >= 11 is 0. The maximum Gasteiger partial charge on any atom is 0.411 e. The van der Waals surface area contributed by atoms with Gasteiger partial charge in [-0.1, -0.05) is 0 Å². The van der Waals surface area contributed by atoms with Gasteiger partial charge in [-0.2, -0.15) is 9.46 Å². The lowest BCUT2D eigenvalue weighted by molar-refractivity contribution is -0.591. The molecule has 158 valence electrons. The predicted octanol–water partition coefficient (Wildman–Crippen LogP) is 1.76. The smallest absolute Gasteiger partial charge is 0.411 e. The highest BCUT2D eigenvalue weighted by molar-refractivity contribution is 5.88. The maximum absolute atomic E-state index is 12.9. The predicted molar refractivity (Wildman–Crippen MR) is 111 cm³/mol. The van der Waals surface area contributed by atoms with Crippen LogP contribution in [0.5, 0.6) is 0 Å². The molecular formula is C21H24N4O5. The largest absolute Gasteiger partial charge is 0.617 e. The Bertz CT molecular complexity index is 1110. The number of hydrogen-bond donors (Lipinski definition) is 1. The molecule has 3 aromatic rings. The molecule has 1 N–H and O–H groups in total. The quantitative estimate of drug-likeness (QED) is 0.398. The van der Waals surface area contributed by atoms with E-state index in [0.29, 0.717) is 31.0 Å². The molecule has 1 aromatic heterocycles. The van der Waals surface area contributed by atoms with Crippen molar-refractivity contribution in [1.82, 2.24) is 4.90 Å². The molecule has 2 heterocycles. The van der Waals surface area contributed by atoms with Gasteiger partial charge < -0.3 is 19.9 Å². The summed E-state index contributed by atoms with van der Waals surface area (Å²) in [5, 5.41) is 28.3. The highest BCUT2D eigenvalue weighted by atomic mass is 16.5. The van der Waals surface area contributed by atoms with Gasteiger partial charge in [-0.25, -0.2) is 4.79 Å². The SMILES string of the molecule is Cc1cc2c(cc1C)[n+]([O-])c1cc(NC(=O)OCCN3CCOCC3)ccc1[n+]2[O-]. The number of nitrogens with one attached hydrogen (secondary N) is 1. The summed E-state index contributed by atoms with van der Waals surface area (Å²) in [6.07, 6.45) is -0.609. The van der Waals surface area contributed by atoms with Crippen LogP contribution >= 0.6 is 0 Å². The minimum absolute atomic E-state index is 0.173. The number of hydrogen-bond acceptors (Lipinski definition) is 6. The summed E-state index contributed by atoms with van der Waals surface area (Å²) in [4.78, 5) is 14.3. The van der Waals surface area contributed by atoms with E-state index in [-0.39, 0.29) is 23.2 Å². The fraction of sp³-hybridized carbons (Fsp3) is 0.381. The molecule has 0 bridgehead atoms. The fourth-order valence-electron chi connectivity index (χ4n) is 3.55. The molecule has 0 spiro atoms. The first kappa shape index (κ1) is 20.1. The van der Waals surface area contributed by atoms with E-state index in [4.69, 9.17) is 9.47 Å². The van der Waals surface area contributed by atoms with E-state index >= 15 is 0 Å². The van der Waals surface area contributed by atoms with Crippen molar-refractivity contribution in [3.63, 3.8) is 0 Å². The van der Waals surface area contributed by atoms with E-state index < -0.39 is 6.09 Å². The molecule has 0 atom stereocenters. The van der Waals surface area contributed by atoms with Gasteiger partial charge in [0, 0.05) is 43.9 Å². The standard InChI is InChI=1S/C21H24N4O5/c1-14-11-18-19(12-15(14)2)25(28)20-13-16(3-4-17(20)24(18)27)22-21(26)30-10-7-23-5-8-29-9-6-23/h3-4,11-13H,5-10H2,1-2H3,(H,22,26). The van der Waals surface area contributed by atoms with Gasteiger partial charge in [0.2, 0.25) is 0 Å². The van der Waals surface area contributed by atoms with Gasteiger partial charge in [-0.05, 0) is 31.0 Å². The van der Waals surface area contributed by atoms with E-state index in [1.54, 1.807) is 18.2 Å². The lowest BCUT2D eigenvalue weighted by atomic mass is 10.1. The van der Waals surface area contributed by atoms with Crippen LogP contribution in [0.25, 0.3) is 22.1 Å². The Labute approximate surface area is 173 Å². The molecule has 0 aliphatic carbocycles. The second-order valence-corrected chi connectivity index (χ2v) is 7.43. The Balaban J connectivity index is 1.52. The Morgan fingerprint density at radius 2 is 1.63 bits per heavy atom. The number of ether oxygens (including phenoxy) is 2. The molecule has 0 saturated carbocycles. The Kier molecular flexibility index (Phi) is 5.56. The van der Waals surface area contributed by atoms with Gasteiger partial charge in [0.15, 0.2) is 0 Å². The second kappa shape index (κ2) is 8.29. The third kappa shape index (κ3) is 3.94. The van der Waals surface area contributed by atoms with Crippen LogP contribution in [0.2, 0.25) is 0 Å². The highest BCUT2D eigenvalue weighted by Gasteiger charge is 2.23. The van der Waals surface area contributed by atoms with E-state index in [1.165, 1.54) is 12.1 Å². The number of morpholine rings is 1. The van der Waals surface area contributed by atoms with Crippen molar-refractivity contribution in [3.8, 4) is 0 Å². The summed E-state index contributed by atoms with van der Waals surface area (Å²) in [6.45, 7) is 7.69. The number of benzene rings is 2. The van der Waals surface area contributed by atoms with Crippen molar-refractivity contribution >= 4 is 33.8 Å². The number of aryl methyl sites for hydroxylation is 2. The monoisotopic (exact) mass is 412 g/mol. The number of carbonyl (C=O) groups excluding carboxylic acids is 1. The zero-order valence-corrected chi connectivity index (χ0v) is 17.0. The average Bonchev–Trinajstić information content (AvgIpc) is 2.74. The molecule has 1 saturated heterocycles. The third-order valence-corrected chi connectivity index (χ3v) is 5.43. The van der Waals surface area contributed by atoms with Gasteiger partial charge in [0.05, 0.1) is 18.9 Å². The van der Waals surface area contributed by atoms with Crippen molar-refractivity contribution < 1.29 is 23.7 Å². The molecule has 2 aromatic carbocycles. The summed E-state index contributed by atoms with van der Waals surface area (Å²) in [7, 11) is 0. The molecule has 1 amide bonds. The number of anilines is 1. The molecule has 1 fully saturated rings. The van der Waals surface area contributed by atoms with Crippen molar-refractivity contribution in [2.45, 2.75) is 13.8 Å². The van der Waals surface area contributed by atoms with Crippen molar-refractivity contribution in [1.29, 1.82) is 0 Å². The molecule has 1 aliphatic rings. The van der Waals surface area contributed by atoms with Crippen LogP contribution in [0.4, 0.5) is 10.5 Å². The van der Waals surface area contributed by atoms with E-state index in [0.717, 1.165) is 33.7 Å². The van der Waals surface area contributed by atoms with Crippen LogP contribution in [-0.4, -0.2) is 50.4 Å². The van der Waals surface area contributed by atoms with Crippen LogP contribution in [0.3, 0.4) is 0 Å². The topological polar surface area (TPSA) is 105 Å². The number of rotatable bonds is 4. The van der Waals surface area contributed by atoms with Crippen LogP contribution in [-0.2, 0) is 9.47 Å².